The molecular formula is C17H18N4O5S. The fourth-order valence-corrected chi connectivity index (χ4v) is 4.01. The highest BCUT2D eigenvalue weighted by atomic mass is 32.2. The minimum absolute atomic E-state index is 0.0578. The van der Waals surface area contributed by atoms with Gasteiger partial charge in [0.05, 0.1) is 4.90 Å². The van der Waals surface area contributed by atoms with Gasteiger partial charge in [-0.05, 0) is 30.3 Å². The molecule has 2 aromatic rings. The Hall–Kier alpha value is -2.98. The third-order valence-corrected chi connectivity index (χ3v) is 5.87. The van der Waals surface area contributed by atoms with Crippen LogP contribution in [-0.2, 0) is 14.8 Å². The van der Waals surface area contributed by atoms with Gasteiger partial charge in [0, 0.05) is 25.4 Å². The summed E-state index contributed by atoms with van der Waals surface area (Å²) in [5.74, 6) is 0.289. The lowest BCUT2D eigenvalue weighted by Crippen LogP contribution is -2.44. The largest absolute Gasteiger partial charge is 0.439 e. The monoisotopic (exact) mass is 390 g/mol. The molecule has 3 rings (SSSR count). The van der Waals surface area contributed by atoms with Crippen molar-refractivity contribution >= 4 is 22.0 Å². The summed E-state index contributed by atoms with van der Waals surface area (Å²) in [6, 6.07) is 9.57. The summed E-state index contributed by atoms with van der Waals surface area (Å²) in [5, 5.41) is 4.48. The first-order valence-electron chi connectivity index (χ1n) is 8.20. The van der Waals surface area contributed by atoms with E-state index in [-0.39, 0.29) is 18.0 Å². The van der Waals surface area contributed by atoms with E-state index in [1.165, 1.54) is 24.3 Å². The molecule has 0 saturated carbocycles. The maximum absolute atomic E-state index is 12.8. The number of hydrogen-bond donors (Lipinski definition) is 2. The van der Waals surface area contributed by atoms with Crippen LogP contribution in [0.2, 0.25) is 0 Å². The Labute approximate surface area is 156 Å². The fraction of sp³-hybridized carbons (Fsp3) is 0.235. The molecule has 1 aliphatic heterocycles. The average molecular weight is 390 g/mol. The second-order valence-corrected chi connectivity index (χ2v) is 7.65. The van der Waals surface area contributed by atoms with Gasteiger partial charge in [0.1, 0.15) is 11.8 Å². The summed E-state index contributed by atoms with van der Waals surface area (Å²) >= 11 is 0. The molecule has 1 aromatic heterocycles. The van der Waals surface area contributed by atoms with E-state index in [1.54, 1.807) is 31.3 Å². The molecule has 142 valence electrons. The topological polar surface area (TPSA) is 118 Å². The van der Waals surface area contributed by atoms with Crippen LogP contribution in [0.3, 0.4) is 0 Å². The number of likely N-dealkylation sites (N-methyl/N-ethyl adjacent to an activating group) is 1. The number of carbonyl (C=O) groups excluding carboxylic acids is 2. The van der Waals surface area contributed by atoms with Crippen LogP contribution in [0.4, 0.5) is 4.79 Å². The van der Waals surface area contributed by atoms with E-state index >= 15 is 0 Å². The molecule has 3 amide bonds. The van der Waals surface area contributed by atoms with E-state index in [0.717, 1.165) is 4.31 Å². The minimum Gasteiger partial charge on any atom is -0.439 e. The van der Waals surface area contributed by atoms with Crippen molar-refractivity contribution in [2.45, 2.75) is 17.9 Å². The lowest BCUT2D eigenvalue weighted by molar-refractivity contribution is -0.120. The highest BCUT2D eigenvalue weighted by Crippen LogP contribution is 2.23. The Morgan fingerprint density at radius 1 is 1.15 bits per heavy atom. The van der Waals surface area contributed by atoms with Gasteiger partial charge in [-0.25, -0.2) is 18.2 Å². The van der Waals surface area contributed by atoms with E-state index in [0.29, 0.717) is 11.6 Å². The molecule has 27 heavy (non-hydrogen) atoms. The molecule has 1 fully saturated rings. The van der Waals surface area contributed by atoms with Crippen LogP contribution in [0.5, 0.6) is 11.6 Å². The Morgan fingerprint density at radius 3 is 2.44 bits per heavy atom. The number of urea groups is 1. The van der Waals surface area contributed by atoms with E-state index in [1.807, 2.05) is 0 Å². The number of rotatable bonds is 7. The third-order valence-electron chi connectivity index (χ3n) is 3.92. The first-order chi connectivity index (χ1) is 12.9. The Kier molecular flexibility index (Phi) is 5.38. The number of carbonyl (C=O) groups is 2. The molecule has 0 unspecified atom stereocenters. The quantitative estimate of drug-likeness (QED) is 0.684. The van der Waals surface area contributed by atoms with Crippen molar-refractivity contribution in [2.75, 3.05) is 13.1 Å². The normalized spacial score (nSPS) is 16.9. The van der Waals surface area contributed by atoms with Crippen molar-refractivity contribution in [3.63, 3.8) is 0 Å². The third kappa shape index (κ3) is 4.23. The standard InChI is InChI=1S/C17H18N4O5S/c1-2-21(11-14-16(22)20-17(23)19-14)27(24,25)13-8-6-12(7-9-13)26-15-5-3-4-10-18-15/h3-10,14H,2,11H2,1H3,(H2,19,20,22,23)/t14-/m0/s1. The summed E-state index contributed by atoms with van der Waals surface area (Å²) in [6.45, 7) is 1.65. The summed E-state index contributed by atoms with van der Waals surface area (Å²) < 4.78 is 32.4. The molecule has 0 radical (unpaired) electrons. The van der Waals surface area contributed by atoms with Gasteiger partial charge in [-0.1, -0.05) is 13.0 Å². The lowest BCUT2D eigenvalue weighted by atomic mass is 10.3. The molecule has 1 aromatic carbocycles. The summed E-state index contributed by atoms with van der Waals surface area (Å²) in [4.78, 5) is 27.0. The fourth-order valence-electron chi connectivity index (χ4n) is 2.55. The molecule has 2 heterocycles. The zero-order chi connectivity index (χ0) is 19.4. The number of aromatic nitrogens is 1. The van der Waals surface area contributed by atoms with Gasteiger partial charge in [0.25, 0.3) is 5.91 Å². The summed E-state index contributed by atoms with van der Waals surface area (Å²) in [6.07, 6.45) is 1.59. The number of ether oxygens (including phenoxy) is 1. The molecular weight excluding hydrogens is 372 g/mol. The van der Waals surface area contributed by atoms with Crippen molar-refractivity contribution in [1.82, 2.24) is 19.9 Å². The van der Waals surface area contributed by atoms with Crippen LogP contribution in [0, 0.1) is 0 Å². The molecule has 0 aliphatic carbocycles. The van der Waals surface area contributed by atoms with Crippen LogP contribution < -0.4 is 15.4 Å². The molecule has 10 heteroatoms. The zero-order valence-electron chi connectivity index (χ0n) is 14.5. The Morgan fingerprint density at radius 2 is 1.89 bits per heavy atom. The van der Waals surface area contributed by atoms with Crippen molar-refractivity contribution in [3.8, 4) is 11.6 Å². The van der Waals surface area contributed by atoms with Gasteiger partial charge < -0.3 is 10.1 Å². The molecule has 9 nitrogen and oxygen atoms in total. The number of benzene rings is 1. The minimum atomic E-state index is -3.84. The predicted octanol–water partition coefficient (Wildman–Crippen LogP) is 1.09. The first kappa shape index (κ1) is 18.8. The van der Waals surface area contributed by atoms with Gasteiger partial charge in [-0.15, -0.1) is 0 Å². The summed E-state index contributed by atoms with van der Waals surface area (Å²) in [7, 11) is -3.84. The maximum atomic E-state index is 12.8. The van der Waals surface area contributed by atoms with Gasteiger partial charge >= 0.3 is 6.03 Å². The van der Waals surface area contributed by atoms with Gasteiger partial charge in [-0.2, -0.15) is 4.31 Å². The van der Waals surface area contributed by atoms with Crippen molar-refractivity contribution in [2.24, 2.45) is 0 Å². The van der Waals surface area contributed by atoms with Gasteiger partial charge in [0.15, 0.2) is 0 Å². The van der Waals surface area contributed by atoms with Gasteiger partial charge in [0.2, 0.25) is 15.9 Å². The number of amides is 3. The van der Waals surface area contributed by atoms with Crippen LogP contribution in [0.1, 0.15) is 6.92 Å². The SMILES string of the molecule is CCN(C[C@@H]1NC(=O)NC1=O)S(=O)(=O)c1ccc(Oc2ccccn2)cc1. The second-order valence-electron chi connectivity index (χ2n) is 5.71. The van der Waals surface area contributed by atoms with Crippen LogP contribution in [0.15, 0.2) is 53.6 Å². The van der Waals surface area contributed by atoms with Gasteiger partial charge in [-0.3, -0.25) is 10.1 Å². The highest BCUT2D eigenvalue weighted by molar-refractivity contribution is 7.89. The number of sulfonamides is 1. The Balaban J connectivity index is 1.74. The van der Waals surface area contributed by atoms with E-state index < -0.39 is 28.0 Å². The van der Waals surface area contributed by atoms with E-state index in [4.69, 9.17) is 4.74 Å². The highest BCUT2D eigenvalue weighted by Gasteiger charge is 2.34. The smallest absolute Gasteiger partial charge is 0.322 e. The second kappa shape index (κ2) is 7.72. The van der Waals surface area contributed by atoms with E-state index in [9.17, 15) is 18.0 Å². The maximum Gasteiger partial charge on any atom is 0.322 e. The number of pyridine rings is 1. The molecule has 1 aliphatic rings. The number of imide groups is 1. The van der Waals surface area contributed by atoms with Crippen molar-refractivity contribution in [3.05, 3.63) is 48.7 Å². The van der Waals surface area contributed by atoms with Crippen LogP contribution >= 0.6 is 0 Å². The van der Waals surface area contributed by atoms with E-state index in [2.05, 4.69) is 15.6 Å². The van der Waals surface area contributed by atoms with Crippen molar-refractivity contribution in [1.29, 1.82) is 0 Å². The number of nitrogens with one attached hydrogen (secondary N) is 2. The summed E-state index contributed by atoms with van der Waals surface area (Å²) in [5.41, 5.74) is 0. The predicted molar refractivity (Wildman–Crippen MR) is 95.6 cm³/mol. The van der Waals surface area contributed by atoms with Crippen LogP contribution in [-0.4, -0.2) is 48.8 Å². The molecule has 1 saturated heterocycles. The van der Waals surface area contributed by atoms with Crippen molar-refractivity contribution < 1.29 is 22.7 Å². The van der Waals surface area contributed by atoms with Crippen LogP contribution in [0.25, 0.3) is 0 Å². The molecule has 1 atom stereocenters. The Bertz CT molecular complexity index is 932. The average Bonchev–Trinajstić information content (AvgIpc) is 2.98. The zero-order valence-corrected chi connectivity index (χ0v) is 15.3. The number of hydrogen-bond acceptors (Lipinski definition) is 6. The first-order valence-corrected chi connectivity index (χ1v) is 9.64. The molecule has 2 N–H and O–H groups in total. The molecule has 0 bridgehead atoms. The molecule has 0 spiro atoms. The lowest BCUT2D eigenvalue weighted by Gasteiger charge is -2.22. The number of nitrogens with zero attached hydrogens (tertiary/aromatic N) is 2.